The number of rotatable bonds is 1. The summed E-state index contributed by atoms with van der Waals surface area (Å²) in [6, 6.07) is 0. The fourth-order valence-corrected chi connectivity index (χ4v) is 0. The van der Waals surface area contributed by atoms with Crippen molar-refractivity contribution in [2.75, 3.05) is 5.88 Å². The summed E-state index contributed by atoms with van der Waals surface area (Å²) in [5.74, 6) is 0.583. The van der Waals surface area contributed by atoms with Crippen molar-refractivity contribution in [3.05, 3.63) is 12.2 Å². The molecule has 0 aliphatic heterocycles. The summed E-state index contributed by atoms with van der Waals surface area (Å²) in [5, 5.41) is 0. The predicted octanol–water partition coefficient (Wildman–Crippen LogP) is 1.80. The average Bonchev–Trinajstić information content (AvgIpc) is 1.38. The minimum Gasteiger partial charge on any atom is -0.122 e. The van der Waals surface area contributed by atoms with Crippen LogP contribution in [0.2, 0.25) is 0 Å². The van der Waals surface area contributed by atoms with Gasteiger partial charge in [-0.05, 0) is 6.92 Å². The van der Waals surface area contributed by atoms with E-state index in [1.54, 1.807) is 0 Å². The van der Waals surface area contributed by atoms with Crippen molar-refractivity contribution in [3.63, 3.8) is 0 Å². The Morgan fingerprint density at radius 2 is 2.00 bits per heavy atom. The summed E-state index contributed by atoms with van der Waals surface area (Å²) in [7, 11) is 0. The van der Waals surface area contributed by atoms with E-state index in [4.69, 9.17) is 11.6 Å². The molecule has 0 N–H and O–H groups in total. The van der Waals surface area contributed by atoms with Gasteiger partial charge in [0.05, 0.1) is 0 Å². The summed E-state index contributed by atoms with van der Waals surface area (Å²) < 4.78 is 0. The van der Waals surface area contributed by atoms with Crippen LogP contribution in [-0.4, -0.2) is 5.88 Å². The molecule has 0 aliphatic rings. The zero-order valence-electron chi connectivity index (χ0n) is 3.61. The predicted molar refractivity (Wildman–Crippen MR) is 25.5 cm³/mol. The van der Waals surface area contributed by atoms with Crippen LogP contribution in [0.1, 0.15) is 6.92 Å². The molecule has 2 heteroatoms. The Kier molecular flexibility index (Phi) is 8.95. The average molecular weight is 149 g/mol. The summed E-state index contributed by atoms with van der Waals surface area (Å²) >= 11 is 5.24. The Balaban J connectivity index is 0. The monoisotopic (exact) mass is 148 g/mol. The van der Waals surface area contributed by atoms with Crippen LogP contribution in [0.3, 0.4) is 0 Å². The van der Waals surface area contributed by atoms with Gasteiger partial charge in [-0.3, -0.25) is 0 Å². The van der Waals surface area contributed by atoms with Gasteiger partial charge in [0, 0.05) is 22.4 Å². The Bertz CT molecular complexity index is 42.8. The molecule has 0 aromatic rings. The van der Waals surface area contributed by atoms with Crippen LogP contribution in [0.15, 0.2) is 12.2 Å². The Morgan fingerprint density at radius 3 is 2.00 bits per heavy atom. The third-order valence-electron chi connectivity index (χ3n) is 0.228. The van der Waals surface area contributed by atoms with Crippen molar-refractivity contribution < 1.29 is 16.5 Å². The van der Waals surface area contributed by atoms with Gasteiger partial charge in [0.25, 0.3) is 0 Å². The van der Waals surface area contributed by atoms with Gasteiger partial charge in [-0.2, -0.15) is 0 Å². The molecule has 0 rings (SSSR count). The Hall–Kier alpha value is 0.524. The van der Waals surface area contributed by atoms with Gasteiger partial charge in [-0.1, -0.05) is 12.2 Å². The summed E-state index contributed by atoms with van der Waals surface area (Å²) in [6.45, 7) is 5.44. The van der Waals surface area contributed by atoms with Crippen LogP contribution in [0.4, 0.5) is 0 Å². The first-order chi connectivity index (χ1) is 2.27. The van der Waals surface area contributed by atoms with Crippen LogP contribution >= 0.6 is 11.6 Å². The topological polar surface area (TPSA) is 0 Å². The van der Waals surface area contributed by atoms with E-state index < -0.39 is 0 Å². The number of halogens is 1. The summed E-state index contributed by atoms with van der Waals surface area (Å²) in [4.78, 5) is 0. The van der Waals surface area contributed by atoms with Crippen molar-refractivity contribution in [2.45, 2.75) is 6.92 Å². The quantitative estimate of drug-likeness (QED) is 0.303. The maximum absolute atomic E-state index is 5.24. The zero-order valence-corrected chi connectivity index (χ0v) is 5.35. The van der Waals surface area contributed by atoms with Gasteiger partial charge in [0.15, 0.2) is 0 Å². The number of allylic oxidation sites excluding steroid dienone is 1. The molecule has 0 bridgehead atoms. The molecule has 0 saturated carbocycles. The molecule has 6 heavy (non-hydrogen) atoms. The molecule has 0 aliphatic carbocycles. The second-order valence-corrected chi connectivity index (χ2v) is 1.36. The van der Waals surface area contributed by atoms with Crippen LogP contribution in [0, 0.1) is 0 Å². The molecule has 0 radical (unpaired) electrons. The molecule has 0 atom stereocenters. The van der Waals surface area contributed by atoms with Crippen molar-refractivity contribution >= 4 is 11.6 Å². The van der Waals surface area contributed by atoms with Crippen LogP contribution in [-0.2, 0) is 16.5 Å². The Labute approximate surface area is 53.5 Å². The van der Waals surface area contributed by atoms with E-state index >= 15 is 0 Å². The van der Waals surface area contributed by atoms with Crippen molar-refractivity contribution in [3.8, 4) is 0 Å². The van der Waals surface area contributed by atoms with Crippen LogP contribution < -0.4 is 0 Å². The Morgan fingerprint density at radius 1 is 1.83 bits per heavy atom. The first-order valence-electron chi connectivity index (χ1n) is 1.47. The molecule has 0 heterocycles. The van der Waals surface area contributed by atoms with Crippen LogP contribution in [0.25, 0.3) is 0 Å². The molecule has 0 aromatic heterocycles. The molecule has 0 unspecified atom stereocenters. The second kappa shape index (κ2) is 5.52. The first kappa shape index (κ1) is 9.73. The molecule has 0 amide bonds. The van der Waals surface area contributed by atoms with Gasteiger partial charge in [0.1, 0.15) is 0 Å². The van der Waals surface area contributed by atoms with E-state index in [-0.39, 0.29) is 16.5 Å². The molecule has 0 aromatic carbocycles. The number of hydrogen-bond acceptors (Lipinski definition) is 0. The van der Waals surface area contributed by atoms with E-state index in [0.29, 0.717) is 5.88 Å². The summed E-state index contributed by atoms with van der Waals surface area (Å²) in [5.41, 5.74) is 1.02. The molecular formula is C4H7ClNi. The van der Waals surface area contributed by atoms with Gasteiger partial charge in [0.2, 0.25) is 0 Å². The van der Waals surface area contributed by atoms with Crippen LogP contribution in [0.5, 0.6) is 0 Å². The van der Waals surface area contributed by atoms with E-state index in [0.717, 1.165) is 5.57 Å². The van der Waals surface area contributed by atoms with Crippen molar-refractivity contribution in [1.29, 1.82) is 0 Å². The van der Waals surface area contributed by atoms with Gasteiger partial charge in [-0.25, -0.2) is 0 Å². The molecule has 0 saturated heterocycles. The van der Waals surface area contributed by atoms with Gasteiger partial charge >= 0.3 is 0 Å². The van der Waals surface area contributed by atoms with Crippen molar-refractivity contribution in [2.24, 2.45) is 0 Å². The summed E-state index contributed by atoms with van der Waals surface area (Å²) in [6.07, 6.45) is 0. The minimum absolute atomic E-state index is 0. The largest absolute Gasteiger partial charge is 0.122 e. The van der Waals surface area contributed by atoms with E-state index in [9.17, 15) is 0 Å². The van der Waals surface area contributed by atoms with Gasteiger partial charge in [-0.15, -0.1) is 11.6 Å². The molecule has 0 spiro atoms. The van der Waals surface area contributed by atoms with Gasteiger partial charge < -0.3 is 0 Å². The number of alkyl halides is 1. The second-order valence-electron chi connectivity index (χ2n) is 1.09. The molecule has 0 fully saturated rings. The zero-order chi connectivity index (χ0) is 4.28. The molecular weight excluding hydrogens is 142 g/mol. The third kappa shape index (κ3) is 8.82. The smallest absolute Gasteiger partial charge is 0.0428 e. The molecule has 0 nitrogen and oxygen atoms in total. The van der Waals surface area contributed by atoms with E-state index in [1.165, 1.54) is 0 Å². The fraction of sp³-hybridized carbons (Fsp3) is 0.500. The normalized spacial score (nSPS) is 6.33. The first-order valence-corrected chi connectivity index (χ1v) is 2.01. The fourth-order valence-electron chi connectivity index (χ4n) is 0. The minimum atomic E-state index is 0. The number of hydrogen-bond donors (Lipinski definition) is 0. The maximum atomic E-state index is 5.24. The third-order valence-corrected chi connectivity index (χ3v) is 0.684. The SMILES string of the molecule is C=C(C)CCl.[Ni]. The maximum Gasteiger partial charge on any atom is 0.0428 e. The van der Waals surface area contributed by atoms with E-state index in [2.05, 4.69) is 6.58 Å². The molecule has 40 valence electrons. The standard InChI is InChI=1S/C4H7Cl.Ni/c1-4(2)3-5;/h1,3H2,2H3;. The van der Waals surface area contributed by atoms with E-state index in [1.807, 2.05) is 6.92 Å². The van der Waals surface area contributed by atoms with Crippen molar-refractivity contribution in [1.82, 2.24) is 0 Å².